The lowest BCUT2D eigenvalue weighted by Crippen LogP contribution is -2.63. The fraction of sp³-hybridized carbons (Fsp3) is 1.00. The molecule has 0 heterocycles. The number of hydrogen-bond acceptors (Lipinski definition) is 25. The number of hydrogen-bond donors (Lipinski definition) is 0. The molecule has 0 atom stereocenters. The van der Waals surface area contributed by atoms with E-state index in [9.17, 15) is 0 Å². The average molecular weight is 1930 g/mol. The van der Waals surface area contributed by atoms with Crippen LogP contribution in [0.2, 0.25) is 340 Å². The molecule has 0 spiro atoms. The Hall–Kier alpha value is 4.64. The third-order valence-electron chi connectivity index (χ3n) is 13.0. The van der Waals surface area contributed by atoms with Crippen molar-refractivity contribution in [3.05, 3.63) is 0 Å². The molecule has 0 aromatic rings. The molecular weight excluding hydrogens is 1770 g/mol. The monoisotopic (exact) mass is 1920 g/mol. The van der Waals surface area contributed by atoms with E-state index < -0.39 is 214 Å². The minimum atomic E-state index is -2.91. The van der Waals surface area contributed by atoms with Crippen LogP contribution >= 0.6 is 0 Å². The van der Waals surface area contributed by atoms with E-state index in [2.05, 4.69) is 334 Å². The Kier molecular flexibility index (Phi) is 38.8. The first-order valence-electron chi connectivity index (χ1n) is 36.8. The van der Waals surface area contributed by atoms with E-state index in [1.807, 2.05) is 6.55 Å². The van der Waals surface area contributed by atoms with Gasteiger partial charge in [0.15, 0.2) is 8.32 Å². The minimum Gasteiger partial charge on any atom is -0.437 e. The highest BCUT2D eigenvalue weighted by Gasteiger charge is 2.56. The van der Waals surface area contributed by atoms with Crippen molar-refractivity contribution < 1.29 is 103 Å². The third kappa shape index (κ3) is 49.1. The molecule has 0 aliphatic carbocycles. The summed E-state index contributed by atoms with van der Waals surface area (Å²) in [5, 5.41) is 0. The van der Waals surface area contributed by atoms with Gasteiger partial charge in [0.2, 0.25) is 9.76 Å². The molecule has 0 N–H and O–H groups in total. The Morgan fingerprint density at radius 1 is 0.135 bits per heavy atom. The highest BCUT2D eigenvalue weighted by molar-refractivity contribution is 6.98. The molecule has 0 aromatic heterocycles. The van der Waals surface area contributed by atoms with Crippen LogP contribution in [0, 0.1) is 0 Å². The first kappa shape index (κ1) is 109. The van der Waals surface area contributed by atoms with Gasteiger partial charge >= 0.3 is 205 Å². The van der Waals surface area contributed by atoms with Crippen molar-refractivity contribution in [1.82, 2.24) is 0 Å². The highest BCUT2D eigenvalue weighted by atomic mass is 28.6. The molecule has 624 valence electrons. The average Bonchev–Trinajstić information content (AvgIpc) is 0.804. The van der Waals surface area contributed by atoms with Crippen LogP contribution in [0.25, 0.3) is 0 Å². The smallest absolute Gasteiger partial charge is 0.314 e. The summed E-state index contributed by atoms with van der Waals surface area (Å²) in [6.07, 6.45) is 0. The molecule has 104 heavy (non-hydrogen) atoms. The molecule has 0 saturated heterocycles. The first-order chi connectivity index (χ1) is 44.6. The van der Waals surface area contributed by atoms with Gasteiger partial charge in [0.25, 0.3) is 0 Å². The molecule has 0 unspecified atom stereocenters. The van der Waals surface area contributed by atoms with E-state index in [-0.39, 0.29) is 0 Å². The van der Waals surface area contributed by atoms with Gasteiger partial charge in [0, 0.05) is 0 Å². The van der Waals surface area contributed by atoms with Crippen molar-refractivity contribution >= 4 is 224 Å². The second kappa shape index (κ2) is 37.1. The maximum atomic E-state index is 7.00. The normalized spacial score (nSPS) is 16.2. The van der Waals surface area contributed by atoms with Gasteiger partial charge in [-0.15, -0.1) is 0 Å². The van der Waals surface area contributed by atoms with Crippen molar-refractivity contribution in [2.24, 2.45) is 0 Å². The molecule has 2 radical (unpaired) electrons. The number of rotatable bonds is 51. The van der Waals surface area contributed by atoms with Crippen molar-refractivity contribution in [2.75, 3.05) is 0 Å². The second-order valence-corrected chi connectivity index (χ2v) is 131. The highest BCUT2D eigenvalue weighted by Crippen LogP contribution is 2.37. The molecule has 0 amide bonds. The summed E-state index contributed by atoms with van der Waals surface area (Å²) >= 11 is 0. The van der Waals surface area contributed by atoms with Crippen LogP contribution in [0.15, 0.2) is 0 Å². The van der Waals surface area contributed by atoms with Gasteiger partial charge in [-0.05, 0) is 340 Å². The van der Waals surface area contributed by atoms with E-state index in [4.69, 9.17) is 103 Å². The molecule has 25 nitrogen and oxygen atoms in total. The SMILES string of the molecule is CC[Si](C)(C)O[Si](C)(C)O[Si](C)(C)O[Si](C)(C)O[Si](C)(C)O[Si](C)(C)O[Si](C)(C)O[Si](C)(C)O[Si](C)(C)O[Si](C)(C)O[Si](C)(C)O[Si](C)(C)O[Si](C)(C)O[Si](C)(C)O[Si](C)(C)O[Si](C)(C)O[Si](C)(C)O[Si](C)(C)O[Si](C)(C)O[Si](C)(C)O[Si](C)(C)O[Si](C)(C)O[Si](C)(C)O[Si](C)(C)O[Si](C)(C)O[Si]C. The largest absolute Gasteiger partial charge is 0.437 e. The van der Waals surface area contributed by atoms with E-state index in [0.717, 1.165) is 6.04 Å². The topological polar surface area (TPSA) is 231 Å². The van der Waals surface area contributed by atoms with Gasteiger partial charge in [0.05, 0.1) is 0 Å². The molecular formula is C53H158O25Si26. The van der Waals surface area contributed by atoms with Gasteiger partial charge in [-0.2, -0.15) is 0 Å². The van der Waals surface area contributed by atoms with Crippen molar-refractivity contribution in [3.63, 3.8) is 0 Å². The Balaban J connectivity index is 5.91. The quantitative estimate of drug-likeness (QED) is 0.0515. The van der Waals surface area contributed by atoms with Gasteiger partial charge in [-0.1, -0.05) is 6.92 Å². The Morgan fingerprint density at radius 3 is 0.288 bits per heavy atom. The zero-order valence-corrected chi connectivity index (χ0v) is 102. The molecule has 51 heteroatoms. The van der Waals surface area contributed by atoms with E-state index >= 15 is 0 Å². The Labute approximate surface area is 667 Å². The van der Waals surface area contributed by atoms with E-state index in [1.165, 1.54) is 0 Å². The molecule has 0 fully saturated rings. The standard InChI is InChI=1S/C53H158O25Si26/c1-53-80(3,4)55-82(7,8)57-84(11,12)59-86(15,16)61-88(19,20)63-90(23,24)65-92(27,28)67-94(31,32)69-96(35,36)71-98(39,40)73-100(43,44)75-102(47,48)77-104(51,52)78-103(49,50)76-101(45,46)74-99(41,42)72-97(37,38)70-95(33,34)68-93(29,30)66-91(25,26)64-89(21,22)62-87(17,18)60-85(13,14)58-83(9,10)56-81(5,6)54-79-2/h53H2,1-52H3. The lowest BCUT2D eigenvalue weighted by atomic mass is 11.0. The summed E-state index contributed by atoms with van der Waals surface area (Å²) in [7, 11) is -68.5. The Morgan fingerprint density at radius 2 is 0.212 bits per heavy atom. The first-order valence-corrected chi connectivity index (χ1v) is 109. The molecule has 0 aromatic carbocycles. The van der Waals surface area contributed by atoms with Gasteiger partial charge in [-0.3, -0.25) is 0 Å². The van der Waals surface area contributed by atoms with Gasteiger partial charge < -0.3 is 103 Å². The van der Waals surface area contributed by atoms with Crippen LogP contribution in [-0.4, -0.2) is 224 Å². The molecule has 0 saturated carbocycles. The van der Waals surface area contributed by atoms with Crippen LogP contribution < -0.4 is 0 Å². The molecule has 0 aliphatic rings. The van der Waals surface area contributed by atoms with E-state index in [0.29, 0.717) is 9.76 Å². The summed E-state index contributed by atoms with van der Waals surface area (Å²) in [5.74, 6) is 0. The van der Waals surface area contributed by atoms with Crippen molar-refractivity contribution in [1.29, 1.82) is 0 Å². The summed E-state index contributed by atoms with van der Waals surface area (Å²) in [6, 6.07) is 1.03. The van der Waals surface area contributed by atoms with E-state index in [1.54, 1.807) is 0 Å². The molecule has 0 aliphatic heterocycles. The van der Waals surface area contributed by atoms with Gasteiger partial charge in [0.1, 0.15) is 0 Å². The maximum absolute atomic E-state index is 7.00. The minimum absolute atomic E-state index is 0.358. The van der Waals surface area contributed by atoms with Crippen LogP contribution in [0.1, 0.15) is 6.92 Å². The summed E-state index contributed by atoms with van der Waals surface area (Å²) < 4.78 is 172. The fourth-order valence-corrected chi connectivity index (χ4v) is 145. The lowest BCUT2D eigenvalue weighted by Gasteiger charge is -2.45. The summed E-state index contributed by atoms with van der Waals surface area (Å²) in [5.41, 5.74) is 0. The lowest BCUT2D eigenvalue weighted by molar-refractivity contribution is 0.245. The third-order valence-corrected chi connectivity index (χ3v) is 112. The van der Waals surface area contributed by atoms with Crippen molar-refractivity contribution in [2.45, 2.75) is 347 Å². The second-order valence-electron chi connectivity index (χ2n) is 38.5. The van der Waals surface area contributed by atoms with Crippen molar-refractivity contribution in [3.8, 4) is 0 Å². The molecule has 0 rings (SSSR count). The van der Waals surface area contributed by atoms with Crippen LogP contribution in [-0.2, 0) is 103 Å². The van der Waals surface area contributed by atoms with Crippen LogP contribution in [0.3, 0.4) is 0 Å². The zero-order chi connectivity index (χ0) is 83.6. The summed E-state index contributed by atoms with van der Waals surface area (Å²) in [4.78, 5) is 0. The maximum Gasteiger partial charge on any atom is 0.314 e. The van der Waals surface area contributed by atoms with Crippen LogP contribution in [0.5, 0.6) is 0 Å². The molecule has 0 bridgehead atoms. The predicted molar refractivity (Wildman–Crippen MR) is 486 cm³/mol. The van der Waals surface area contributed by atoms with Gasteiger partial charge in [-0.25, -0.2) is 0 Å². The zero-order valence-electron chi connectivity index (χ0n) is 75.9. The van der Waals surface area contributed by atoms with Crippen LogP contribution in [0.4, 0.5) is 0 Å². The predicted octanol–water partition coefficient (Wildman–Crippen LogP) is 19.1. The Bertz CT molecular complexity index is 2690. The summed E-state index contributed by atoms with van der Waals surface area (Å²) in [6.45, 7) is 108. The fourth-order valence-electron chi connectivity index (χ4n) is 15.1.